The summed E-state index contributed by atoms with van der Waals surface area (Å²) in [5.41, 5.74) is 2.47. The van der Waals surface area contributed by atoms with Crippen LogP contribution in [0.25, 0.3) is 0 Å². The molecule has 4 aliphatic heterocycles. The van der Waals surface area contributed by atoms with Crippen molar-refractivity contribution in [3.63, 3.8) is 0 Å². The van der Waals surface area contributed by atoms with Crippen LogP contribution >= 0.6 is 46.4 Å². The van der Waals surface area contributed by atoms with Crippen molar-refractivity contribution in [2.75, 3.05) is 125 Å². The van der Waals surface area contributed by atoms with E-state index in [1.165, 1.54) is 0 Å². The van der Waals surface area contributed by atoms with E-state index in [1.807, 2.05) is 152 Å². The zero-order valence-corrected chi connectivity index (χ0v) is 63.9. The first-order chi connectivity index (χ1) is 48.5. The van der Waals surface area contributed by atoms with E-state index in [4.69, 9.17) is 80.1 Å². The maximum absolute atomic E-state index is 15.6. The molecule has 4 heterocycles. The summed E-state index contributed by atoms with van der Waals surface area (Å²) in [5, 5.41) is 8.12. The zero-order chi connectivity index (χ0) is 73.4. The van der Waals surface area contributed by atoms with Crippen molar-refractivity contribution in [3.8, 4) is 11.5 Å². The molecular formula is C79H98Cl4N10O9. The summed E-state index contributed by atoms with van der Waals surface area (Å²) >= 11 is 26.0. The predicted octanol–water partition coefficient (Wildman–Crippen LogP) is 13.9. The molecule has 0 unspecified atom stereocenters. The fraction of sp³-hybridized carbons (Fsp3) is 0.468. The SMILES string of the molecule is CCOc1cc(C(C)(C)C)ccc1C1=N[C@@](C)(c2ccc(Cl)cc2)[C@@](C)(c2ccc(Cl)cc2)N1C(=O)N1CCN(CC(=O)NCCOCCOCCOCNC(=O)CN2CCN(C(=O)N3C(c4ccc(C(C)(C)C)cc4OCC)=N[C@](C)(c4ccc(Cl)cc4)[C@]3(C)c3ccc(Cl)cc3)CC2)CC1. The lowest BCUT2D eigenvalue weighted by atomic mass is 9.71. The Kier molecular flexibility index (Phi) is 24.9. The standard InChI is InChI=1S/C79H98Cl4N10O9/c1-13-101-66-49-58(74(3,4)5)23-33-64(66)70-86-76(9,54-15-25-60(80)26-16-54)78(11,56-19-29-62(82)30-20-56)92(70)72(96)90-40-36-88(37-41-90)51-68(94)84-35-44-98-45-46-99-47-48-100-53-85-69(95)52-89-38-42-91(43-39-89)73(97)93-71(65-34-24-59(75(6,7)8)50-67(65)102-14-2)87-77(10,55-17-27-61(81)28-18-55)79(93,12)57-21-31-63(83)32-22-57/h15-34,49-50H,13-14,35-48,51-53H2,1-12H3,(H,84,94)(H,85,95)/t76-,77+,78+,79-/m0/s1. The number of hydrogen-bond donors (Lipinski definition) is 2. The van der Waals surface area contributed by atoms with Crippen LogP contribution in [0.3, 0.4) is 0 Å². The molecule has 0 aliphatic carbocycles. The lowest BCUT2D eigenvalue weighted by molar-refractivity contribution is -0.125. The van der Waals surface area contributed by atoms with Gasteiger partial charge in [-0.25, -0.2) is 9.59 Å². The number of aliphatic imine (C=N–C) groups is 2. The molecule has 546 valence electrons. The Balaban J connectivity index is 0.654. The molecule has 2 N–H and O–H groups in total. The Morgan fingerprint density at radius 2 is 0.775 bits per heavy atom. The smallest absolute Gasteiger partial charge is 0.326 e. The molecule has 2 fully saturated rings. The van der Waals surface area contributed by atoms with E-state index in [0.29, 0.717) is 146 Å². The topological polar surface area (TPSA) is 183 Å². The van der Waals surface area contributed by atoms with Crippen molar-refractivity contribution in [1.82, 2.24) is 40.0 Å². The van der Waals surface area contributed by atoms with Gasteiger partial charge in [-0.15, -0.1) is 0 Å². The van der Waals surface area contributed by atoms with Gasteiger partial charge < -0.3 is 44.1 Å². The average molecular weight is 1470 g/mol. The number of carbonyl (C=O) groups is 4. The van der Waals surface area contributed by atoms with Gasteiger partial charge in [0, 0.05) is 79.0 Å². The number of halogens is 4. The van der Waals surface area contributed by atoms with Gasteiger partial charge in [0.15, 0.2) is 0 Å². The molecule has 4 atom stereocenters. The van der Waals surface area contributed by atoms with E-state index in [2.05, 4.69) is 104 Å². The van der Waals surface area contributed by atoms with Crippen LogP contribution in [0.4, 0.5) is 9.59 Å². The molecule has 0 bridgehead atoms. The number of hydrogen-bond acceptors (Lipinski definition) is 13. The van der Waals surface area contributed by atoms with Crippen LogP contribution in [-0.2, 0) is 56.8 Å². The molecule has 6 amide bonds. The van der Waals surface area contributed by atoms with Crippen molar-refractivity contribution >= 4 is 82.0 Å². The summed E-state index contributed by atoms with van der Waals surface area (Å²) < 4.78 is 29.9. The lowest BCUT2D eigenvalue weighted by Gasteiger charge is -2.47. The molecule has 10 rings (SSSR count). The third-order valence-corrected chi connectivity index (χ3v) is 21.4. The van der Waals surface area contributed by atoms with Gasteiger partial charge in [0.1, 0.15) is 52.1 Å². The summed E-state index contributed by atoms with van der Waals surface area (Å²) in [7, 11) is 0. The van der Waals surface area contributed by atoms with E-state index in [1.54, 1.807) is 0 Å². The van der Waals surface area contributed by atoms with Crippen molar-refractivity contribution < 1.29 is 42.9 Å². The number of ether oxygens (including phenoxy) is 5. The molecule has 23 heteroatoms. The third-order valence-electron chi connectivity index (χ3n) is 20.4. The van der Waals surface area contributed by atoms with Crippen LogP contribution in [0.2, 0.25) is 20.1 Å². The van der Waals surface area contributed by atoms with Gasteiger partial charge in [-0.3, -0.25) is 39.2 Å². The van der Waals surface area contributed by atoms with Gasteiger partial charge in [-0.2, -0.15) is 0 Å². The largest absolute Gasteiger partial charge is 0.493 e. The Bertz CT molecular complexity index is 3730. The minimum Gasteiger partial charge on any atom is -0.493 e. The second-order valence-corrected chi connectivity index (χ2v) is 30.7. The van der Waals surface area contributed by atoms with Crippen LogP contribution in [-0.4, -0.2) is 190 Å². The van der Waals surface area contributed by atoms with Gasteiger partial charge in [0.25, 0.3) is 0 Å². The highest BCUT2D eigenvalue weighted by Crippen LogP contribution is 2.56. The minimum absolute atomic E-state index is 0.00613. The number of nitrogens with zero attached hydrogens (tertiary/aromatic N) is 8. The molecule has 0 radical (unpaired) electrons. The fourth-order valence-corrected chi connectivity index (χ4v) is 14.4. The summed E-state index contributed by atoms with van der Waals surface area (Å²) in [6, 6.07) is 42.4. The maximum atomic E-state index is 15.6. The summed E-state index contributed by atoms with van der Waals surface area (Å²) in [6.07, 6.45) is 0. The Morgan fingerprint density at radius 1 is 0.441 bits per heavy atom. The number of benzene rings is 6. The quantitative estimate of drug-likeness (QED) is 0.0411. The molecule has 19 nitrogen and oxygen atoms in total. The minimum atomic E-state index is -1.08. The molecular weight excluding hydrogens is 1370 g/mol. The molecule has 0 aromatic heterocycles. The number of urea groups is 2. The summed E-state index contributed by atoms with van der Waals surface area (Å²) in [5.74, 6) is 1.89. The molecule has 6 aromatic carbocycles. The molecule has 6 aromatic rings. The number of amidine groups is 2. The van der Waals surface area contributed by atoms with Crippen LogP contribution in [0.5, 0.6) is 11.5 Å². The van der Waals surface area contributed by atoms with Crippen LogP contribution in [0, 0.1) is 0 Å². The Hall–Kier alpha value is -7.30. The predicted molar refractivity (Wildman–Crippen MR) is 405 cm³/mol. The average Bonchev–Trinajstić information content (AvgIpc) is 1.54. The number of amides is 6. The highest BCUT2D eigenvalue weighted by molar-refractivity contribution is 6.31. The number of rotatable bonds is 25. The second-order valence-electron chi connectivity index (χ2n) is 29.0. The van der Waals surface area contributed by atoms with Gasteiger partial charge >= 0.3 is 12.1 Å². The first kappa shape index (κ1) is 77.3. The summed E-state index contributed by atoms with van der Waals surface area (Å²) in [6.45, 7) is 31.4. The highest BCUT2D eigenvalue weighted by atomic mass is 35.5. The first-order valence-electron chi connectivity index (χ1n) is 35.2. The van der Waals surface area contributed by atoms with Crippen LogP contribution < -0.4 is 20.1 Å². The van der Waals surface area contributed by atoms with E-state index in [-0.39, 0.29) is 67.7 Å². The van der Waals surface area contributed by atoms with E-state index < -0.39 is 22.2 Å². The number of nitrogens with one attached hydrogen (secondary N) is 2. The number of carbonyl (C=O) groups excluding carboxylic acids is 4. The van der Waals surface area contributed by atoms with Gasteiger partial charge in [-0.05, 0) is 159 Å². The highest BCUT2D eigenvalue weighted by Gasteiger charge is 2.62. The molecule has 0 spiro atoms. The van der Waals surface area contributed by atoms with E-state index in [9.17, 15) is 9.59 Å². The summed E-state index contributed by atoms with van der Waals surface area (Å²) in [4.78, 5) is 80.2. The normalized spacial score (nSPS) is 21.3. The van der Waals surface area contributed by atoms with Crippen molar-refractivity contribution in [3.05, 3.63) is 198 Å². The van der Waals surface area contributed by atoms with E-state index in [0.717, 1.165) is 33.4 Å². The monoisotopic (exact) mass is 1470 g/mol. The maximum Gasteiger partial charge on any atom is 0.326 e. The van der Waals surface area contributed by atoms with E-state index >= 15 is 9.59 Å². The van der Waals surface area contributed by atoms with Gasteiger partial charge in [-0.1, -0.05) is 149 Å². The van der Waals surface area contributed by atoms with Crippen LogP contribution in [0.15, 0.2) is 143 Å². The fourth-order valence-electron chi connectivity index (χ4n) is 13.9. The third kappa shape index (κ3) is 16.8. The Morgan fingerprint density at radius 3 is 1.13 bits per heavy atom. The van der Waals surface area contributed by atoms with Crippen molar-refractivity contribution in [2.24, 2.45) is 9.98 Å². The first-order valence-corrected chi connectivity index (χ1v) is 36.7. The van der Waals surface area contributed by atoms with Gasteiger partial charge in [0.05, 0.1) is 70.5 Å². The molecule has 2 saturated heterocycles. The van der Waals surface area contributed by atoms with Crippen molar-refractivity contribution in [2.45, 2.75) is 116 Å². The lowest BCUT2D eigenvalue weighted by Crippen LogP contribution is -2.61. The molecule has 102 heavy (non-hydrogen) atoms. The Labute approximate surface area is 621 Å². The van der Waals surface area contributed by atoms with Gasteiger partial charge in [0.2, 0.25) is 11.8 Å². The van der Waals surface area contributed by atoms with Crippen molar-refractivity contribution in [1.29, 1.82) is 0 Å². The second kappa shape index (κ2) is 32.8. The number of piperazine rings is 2. The molecule has 4 aliphatic rings. The molecule has 0 saturated carbocycles. The van der Waals surface area contributed by atoms with Crippen LogP contribution in [0.1, 0.15) is 128 Å². The zero-order valence-electron chi connectivity index (χ0n) is 60.9.